The molecular weight excluding hydrogens is 514 g/mol. The number of rotatable bonds is 6. The second-order valence-electron chi connectivity index (χ2n) is 6.22. The lowest BCUT2D eigenvalue weighted by atomic mass is 10.1. The zero-order valence-corrected chi connectivity index (χ0v) is 18.9. The van der Waals surface area contributed by atoms with Gasteiger partial charge in [0, 0.05) is 35.0 Å². The Kier molecular flexibility index (Phi) is 7.58. The number of ether oxygens (including phenoxy) is 1. The number of hydrogen-bond donors (Lipinski definition) is 2. The number of alkyl halides is 4. The van der Waals surface area contributed by atoms with Crippen LogP contribution in [-0.2, 0) is 0 Å². The third kappa shape index (κ3) is 5.69. The van der Waals surface area contributed by atoms with Gasteiger partial charge in [-0.15, -0.1) is 0 Å². The first-order valence-electron chi connectivity index (χ1n) is 9.06. The Hall–Kier alpha value is -2.84. The van der Waals surface area contributed by atoms with E-state index in [0.717, 1.165) is 0 Å². The van der Waals surface area contributed by atoms with Gasteiger partial charge in [-0.05, 0) is 52.3 Å². The monoisotopic (exact) mass is 529 g/mol. The maximum atomic E-state index is 13.1. The third-order valence-corrected chi connectivity index (χ3v) is 5.71. The molecule has 168 valence electrons. The molecule has 1 aromatic carbocycles. The summed E-state index contributed by atoms with van der Waals surface area (Å²) in [6.45, 7) is -1.05. The fourth-order valence-corrected chi connectivity index (χ4v) is 4.01. The molecule has 0 fully saturated rings. The van der Waals surface area contributed by atoms with E-state index in [1.54, 1.807) is 18.2 Å². The SMILES string of the molecule is CNC(=O)c1ccc(NCC#Cc2cc3c(Br)cccn3c2SC(F)(F)F)c(OCF)c1. The molecule has 1 amide bonds. The van der Waals surface area contributed by atoms with Crippen LogP contribution in [0.25, 0.3) is 5.52 Å². The van der Waals surface area contributed by atoms with Gasteiger partial charge >= 0.3 is 5.51 Å². The summed E-state index contributed by atoms with van der Waals surface area (Å²) in [6.07, 6.45) is 1.53. The van der Waals surface area contributed by atoms with Gasteiger partial charge < -0.3 is 19.8 Å². The number of fused-ring (bicyclic) bond motifs is 1. The molecule has 0 saturated heterocycles. The van der Waals surface area contributed by atoms with E-state index in [0.29, 0.717) is 15.7 Å². The van der Waals surface area contributed by atoms with E-state index in [-0.39, 0.29) is 46.1 Å². The number of nitrogens with one attached hydrogen (secondary N) is 2. The fraction of sp³-hybridized carbons (Fsp3) is 0.190. The van der Waals surface area contributed by atoms with Gasteiger partial charge in [0.2, 0.25) is 6.86 Å². The Balaban J connectivity index is 1.84. The molecule has 0 saturated carbocycles. The molecule has 0 aliphatic heterocycles. The maximum absolute atomic E-state index is 13.1. The summed E-state index contributed by atoms with van der Waals surface area (Å²) in [5.74, 6) is 5.29. The van der Waals surface area contributed by atoms with E-state index in [2.05, 4.69) is 38.4 Å². The lowest BCUT2D eigenvalue weighted by Gasteiger charge is -2.11. The topological polar surface area (TPSA) is 54.8 Å². The highest BCUT2D eigenvalue weighted by Crippen LogP contribution is 2.40. The van der Waals surface area contributed by atoms with E-state index < -0.39 is 12.4 Å². The highest BCUT2D eigenvalue weighted by molar-refractivity contribution is 9.10. The van der Waals surface area contributed by atoms with Gasteiger partial charge in [-0.2, -0.15) is 13.2 Å². The number of carbonyl (C=O) groups is 1. The number of hydrogen-bond acceptors (Lipinski definition) is 4. The van der Waals surface area contributed by atoms with E-state index in [4.69, 9.17) is 4.74 Å². The summed E-state index contributed by atoms with van der Waals surface area (Å²) in [6, 6.07) is 9.36. The van der Waals surface area contributed by atoms with Gasteiger partial charge in [-0.25, -0.2) is 4.39 Å². The van der Waals surface area contributed by atoms with Crippen LogP contribution in [0, 0.1) is 11.8 Å². The second-order valence-corrected chi connectivity index (χ2v) is 8.13. The van der Waals surface area contributed by atoms with Gasteiger partial charge in [0.25, 0.3) is 5.91 Å². The predicted molar refractivity (Wildman–Crippen MR) is 119 cm³/mol. The maximum Gasteiger partial charge on any atom is 0.447 e. The molecule has 0 atom stereocenters. The average Bonchev–Trinajstić information content (AvgIpc) is 3.09. The van der Waals surface area contributed by atoms with E-state index in [1.807, 2.05) is 0 Å². The first kappa shape index (κ1) is 23.8. The van der Waals surface area contributed by atoms with Crippen molar-refractivity contribution in [3.63, 3.8) is 0 Å². The number of nitrogens with zero attached hydrogens (tertiary/aromatic N) is 1. The molecule has 32 heavy (non-hydrogen) atoms. The van der Waals surface area contributed by atoms with Crippen molar-refractivity contribution in [3.8, 4) is 17.6 Å². The van der Waals surface area contributed by atoms with Crippen molar-refractivity contribution in [1.82, 2.24) is 9.72 Å². The minimum Gasteiger partial charge on any atom is -0.461 e. The molecule has 2 aromatic heterocycles. The van der Waals surface area contributed by atoms with Crippen molar-refractivity contribution in [1.29, 1.82) is 0 Å². The Morgan fingerprint density at radius 2 is 2.06 bits per heavy atom. The lowest BCUT2D eigenvalue weighted by Crippen LogP contribution is -2.18. The van der Waals surface area contributed by atoms with Crippen molar-refractivity contribution >= 4 is 44.8 Å². The number of pyridine rings is 1. The number of anilines is 1. The first-order chi connectivity index (χ1) is 15.2. The molecule has 2 N–H and O–H groups in total. The molecule has 0 aliphatic carbocycles. The van der Waals surface area contributed by atoms with Crippen LogP contribution in [-0.4, -0.2) is 36.3 Å². The molecular formula is C21H16BrF4N3O2S. The van der Waals surface area contributed by atoms with E-state index in [9.17, 15) is 22.4 Å². The Labute approximate surface area is 193 Å². The minimum atomic E-state index is -4.48. The van der Waals surface area contributed by atoms with Crippen LogP contribution in [0.3, 0.4) is 0 Å². The van der Waals surface area contributed by atoms with Crippen LogP contribution in [0.15, 0.2) is 52.1 Å². The van der Waals surface area contributed by atoms with Crippen molar-refractivity contribution in [2.75, 3.05) is 25.8 Å². The standard InChI is InChI=1S/C21H16BrF4N3O2S/c1-27-19(30)13-6-7-16(18(11-13)31-12-23)28-8-2-4-14-10-17-15(22)5-3-9-29(17)20(14)32-21(24,25)26/h3,5-7,9-11,28H,8,12H2,1H3,(H,27,30). The summed E-state index contributed by atoms with van der Waals surface area (Å²) in [7, 11) is 1.47. The molecule has 0 bridgehead atoms. The molecule has 3 aromatic rings. The number of aromatic nitrogens is 1. The molecule has 2 heterocycles. The average molecular weight is 530 g/mol. The highest BCUT2D eigenvalue weighted by atomic mass is 79.9. The van der Waals surface area contributed by atoms with Crippen molar-refractivity contribution < 1.29 is 27.1 Å². The normalized spacial score (nSPS) is 11.1. The zero-order valence-electron chi connectivity index (χ0n) is 16.5. The second kappa shape index (κ2) is 10.2. The molecule has 0 radical (unpaired) electrons. The molecule has 0 unspecified atom stereocenters. The van der Waals surface area contributed by atoms with E-state index in [1.165, 1.54) is 35.8 Å². The van der Waals surface area contributed by atoms with Gasteiger partial charge in [0.15, 0.2) is 0 Å². The van der Waals surface area contributed by atoms with Gasteiger partial charge in [-0.3, -0.25) is 4.79 Å². The van der Waals surface area contributed by atoms with Crippen molar-refractivity contribution in [2.24, 2.45) is 0 Å². The number of carbonyl (C=O) groups excluding carboxylic acids is 1. The van der Waals surface area contributed by atoms with Crippen LogP contribution in [0.4, 0.5) is 23.2 Å². The first-order valence-corrected chi connectivity index (χ1v) is 10.7. The fourth-order valence-electron chi connectivity index (χ4n) is 2.85. The van der Waals surface area contributed by atoms with Gasteiger partial charge in [-0.1, -0.05) is 11.8 Å². The van der Waals surface area contributed by atoms with E-state index >= 15 is 0 Å². The summed E-state index contributed by atoms with van der Waals surface area (Å²) >= 11 is 3.10. The van der Waals surface area contributed by atoms with Crippen molar-refractivity contribution in [3.05, 3.63) is 58.2 Å². The zero-order chi connectivity index (χ0) is 23.3. The third-order valence-electron chi connectivity index (χ3n) is 4.20. The molecule has 0 spiro atoms. The number of amides is 1. The smallest absolute Gasteiger partial charge is 0.447 e. The molecule has 11 heteroatoms. The Morgan fingerprint density at radius 3 is 2.75 bits per heavy atom. The summed E-state index contributed by atoms with van der Waals surface area (Å²) in [4.78, 5) is 11.7. The van der Waals surface area contributed by atoms with Crippen LogP contribution < -0.4 is 15.4 Å². The molecule has 5 nitrogen and oxygen atoms in total. The van der Waals surface area contributed by atoms with Crippen LogP contribution >= 0.6 is 27.7 Å². The van der Waals surface area contributed by atoms with Crippen LogP contribution in [0.2, 0.25) is 0 Å². The quantitative estimate of drug-likeness (QED) is 0.253. The summed E-state index contributed by atoms with van der Waals surface area (Å²) < 4.78 is 58.9. The van der Waals surface area contributed by atoms with Crippen LogP contribution in [0.1, 0.15) is 15.9 Å². The number of benzene rings is 1. The number of thioether (sulfide) groups is 1. The Morgan fingerprint density at radius 1 is 1.28 bits per heavy atom. The minimum absolute atomic E-state index is 0.0438. The Bertz CT molecular complexity index is 1200. The highest BCUT2D eigenvalue weighted by Gasteiger charge is 2.32. The largest absolute Gasteiger partial charge is 0.461 e. The molecule has 0 aliphatic rings. The van der Waals surface area contributed by atoms with Gasteiger partial charge in [0.05, 0.1) is 23.3 Å². The lowest BCUT2D eigenvalue weighted by molar-refractivity contribution is -0.0329. The van der Waals surface area contributed by atoms with Crippen LogP contribution in [0.5, 0.6) is 5.75 Å². The summed E-state index contributed by atoms with van der Waals surface area (Å²) in [5, 5.41) is 5.34. The molecule has 3 rings (SSSR count). The summed E-state index contributed by atoms with van der Waals surface area (Å²) in [5.41, 5.74) is -3.03. The van der Waals surface area contributed by atoms with Gasteiger partial charge in [0.1, 0.15) is 10.8 Å². The number of halogens is 5. The predicted octanol–water partition coefficient (Wildman–Crippen LogP) is 5.44. The van der Waals surface area contributed by atoms with Crippen molar-refractivity contribution in [2.45, 2.75) is 10.5 Å².